The summed E-state index contributed by atoms with van der Waals surface area (Å²) < 4.78 is 0. The summed E-state index contributed by atoms with van der Waals surface area (Å²) in [6.07, 6.45) is 1.89. The number of aromatic nitrogens is 1. The first-order valence-electron chi connectivity index (χ1n) is 6.68. The van der Waals surface area contributed by atoms with E-state index in [4.69, 9.17) is 5.21 Å². The van der Waals surface area contributed by atoms with Gasteiger partial charge in [0.15, 0.2) is 5.13 Å². The topological polar surface area (TPSA) is 91.3 Å². The van der Waals surface area contributed by atoms with Crippen molar-refractivity contribution in [3.05, 3.63) is 47.0 Å². The van der Waals surface area contributed by atoms with E-state index in [2.05, 4.69) is 10.3 Å². The highest BCUT2D eigenvalue weighted by atomic mass is 32.1. The van der Waals surface area contributed by atoms with Crippen molar-refractivity contribution in [1.82, 2.24) is 10.5 Å². The van der Waals surface area contributed by atoms with Crippen LogP contribution < -0.4 is 10.8 Å². The first-order chi connectivity index (χ1) is 10.4. The molecule has 22 heavy (non-hydrogen) atoms. The van der Waals surface area contributed by atoms with Crippen LogP contribution in [0.4, 0.5) is 5.13 Å². The molecule has 0 aliphatic rings. The summed E-state index contributed by atoms with van der Waals surface area (Å²) in [5.74, 6) is -0.830. The van der Waals surface area contributed by atoms with E-state index in [-0.39, 0.29) is 10.8 Å². The Kier molecular flexibility index (Phi) is 4.89. The van der Waals surface area contributed by atoms with Crippen molar-refractivity contribution < 1.29 is 14.8 Å². The lowest BCUT2D eigenvalue weighted by molar-refractivity contribution is -0.123. The summed E-state index contributed by atoms with van der Waals surface area (Å²) in [7, 11) is 0. The molecule has 2 amide bonds. The SMILES string of the molecule is CC(C)(Cc1ccccc1)C(=O)Nc1ncc(C(=O)NO)s1. The minimum absolute atomic E-state index is 0.179. The summed E-state index contributed by atoms with van der Waals surface area (Å²) in [4.78, 5) is 27.8. The van der Waals surface area contributed by atoms with Crippen LogP contribution in [0.15, 0.2) is 36.5 Å². The second kappa shape index (κ2) is 6.67. The first kappa shape index (κ1) is 16.1. The standard InChI is InChI=1S/C15H17N3O3S/c1-15(2,8-10-6-4-3-5-7-10)13(20)17-14-16-9-11(22-14)12(19)18-21/h3-7,9,21H,8H2,1-2H3,(H,18,19)(H,16,17,20). The van der Waals surface area contributed by atoms with Crippen LogP contribution in [0.1, 0.15) is 29.1 Å². The number of carbonyl (C=O) groups is 2. The van der Waals surface area contributed by atoms with Crippen LogP contribution >= 0.6 is 11.3 Å². The van der Waals surface area contributed by atoms with Crippen molar-refractivity contribution in [2.45, 2.75) is 20.3 Å². The summed E-state index contributed by atoms with van der Waals surface area (Å²) in [5, 5.41) is 11.6. The van der Waals surface area contributed by atoms with E-state index in [1.165, 1.54) is 11.7 Å². The molecule has 2 rings (SSSR count). The summed E-state index contributed by atoms with van der Waals surface area (Å²) in [6.45, 7) is 3.70. The van der Waals surface area contributed by atoms with Crippen LogP contribution in [0.3, 0.4) is 0 Å². The summed E-state index contributed by atoms with van der Waals surface area (Å²) in [5.41, 5.74) is 1.98. The Labute approximate surface area is 132 Å². The van der Waals surface area contributed by atoms with Gasteiger partial charge in [0.25, 0.3) is 5.91 Å². The number of nitrogens with zero attached hydrogens (tertiary/aromatic N) is 1. The molecule has 0 unspecified atom stereocenters. The number of hydrogen-bond acceptors (Lipinski definition) is 5. The molecule has 3 N–H and O–H groups in total. The van der Waals surface area contributed by atoms with Gasteiger partial charge in [0.2, 0.25) is 5.91 Å². The van der Waals surface area contributed by atoms with Crippen LogP contribution in [0, 0.1) is 5.41 Å². The fraction of sp³-hybridized carbons (Fsp3) is 0.267. The van der Waals surface area contributed by atoms with Crippen molar-refractivity contribution >= 4 is 28.3 Å². The van der Waals surface area contributed by atoms with Gasteiger partial charge < -0.3 is 5.32 Å². The molecule has 0 aliphatic carbocycles. The Balaban J connectivity index is 2.04. The number of nitrogens with one attached hydrogen (secondary N) is 2. The molecule has 1 aromatic heterocycles. The molecule has 7 heteroatoms. The van der Waals surface area contributed by atoms with Gasteiger partial charge in [-0.05, 0) is 12.0 Å². The molecule has 1 aromatic carbocycles. The minimum Gasteiger partial charge on any atom is -0.301 e. The predicted molar refractivity (Wildman–Crippen MR) is 83.9 cm³/mol. The highest BCUT2D eigenvalue weighted by molar-refractivity contribution is 7.17. The molecule has 0 radical (unpaired) electrons. The van der Waals surface area contributed by atoms with Crippen LogP contribution in [0.5, 0.6) is 0 Å². The fourth-order valence-electron chi connectivity index (χ4n) is 1.94. The number of benzene rings is 1. The summed E-state index contributed by atoms with van der Waals surface area (Å²) >= 11 is 1.00. The van der Waals surface area contributed by atoms with Crippen molar-refractivity contribution in [3.8, 4) is 0 Å². The van der Waals surface area contributed by atoms with Gasteiger partial charge in [-0.2, -0.15) is 0 Å². The van der Waals surface area contributed by atoms with Gasteiger partial charge in [-0.15, -0.1) is 0 Å². The van der Waals surface area contributed by atoms with Crippen LogP contribution in [-0.2, 0) is 11.2 Å². The molecule has 6 nitrogen and oxygen atoms in total. The lowest BCUT2D eigenvalue weighted by atomic mass is 9.85. The van der Waals surface area contributed by atoms with Gasteiger partial charge >= 0.3 is 0 Å². The molecule has 0 spiro atoms. The maximum absolute atomic E-state index is 12.4. The average molecular weight is 319 g/mol. The molecule has 0 saturated heterocycles. The number of hydrogen-bond donors (Lipinski definition) is 3. The largest absolute Gasteiger partial charge is 0.301 e. The first-order valence-corrected chi connectivity index (χ1v) is 7.49. The minimum atomic E-state index is -0.651. The van der Waals surface area contributed by atoms with Crippen LogP contribution in [-0.4, -0.2) is 22.0 Å². The molecule has 0 fully saturated rings. The van der Waals surface area contributed by atoms with Gasteiger partial charge in [-0.1, -0.05) is 55.5 Å². The summed E-state index contributed by atoms with van der Waals surface area (Å²) in [6, 6.07) is 9.75. The fourth-order valence-corrected chi connectivity index (χ4v) is 2.65. The normalized spacial score (nSPS) is 11.0. The van der Waals surface area contributed by atoms with Crippen LogP contribution in [0.2, 0.25) is 0 Å². The Morgan fingerprint density at radius 2 is 1.95 bits per heavy atom. The van der Waals surface area contributed by atoms with E-state index < -0.39 is 11.3 Å². The van der Waals surface area contributed by atoms with E-state index in [9.17, 15) is 9.59 Å². The van der Waals surface area contributed by atoms with Gasteiger partial charge in [0.1, 0.15) is 4.88 Å². The lowest BCUT2D eigenvalue weighted by Gasteiger charge is -2.22. The quantitative estimate of drug-likeness (QED) is 0.583. The van der Waals surface area contributed by atoms with Gasteiger partial charge in [-0.3, -0.25) is 14.8 Å². The molecular weight excluding hydrogens is 302 g/mol. The second-order valence-corrected chi connectivity index (χ2v) is 6.50. The zero-order valence-corrected chi connectivity index (χ0v) is 13.1. The van der Waals surface area contributed by atoms with Crippen LogP contribution in [0.25, 0.3) is 0 Å². The molecule has 0 aliphatic heterocycles. The molecule has 0 saturated carbocycles. The number of anilines is 1. The van der Waals surface area contributed by atoms with Crippen molar-refractivity contribution in [2.24, 2.45) is 5.41 Å². The number of hydroxylamine groups is 1. The Hall–Kier alpha value is -2.25. The van der Waals surface area contributed by atoms with E-state index >= 15 is 0 Å². The zero-order valence-electron chi connectivity index (χ0n) is 12.3. The lowest BCUT2D eigenvalue weighted by Crippen LogP contribution is -2.32. The highest BCUT2D eigenvalue weighted by Gasteiger charge is 2.28. The Morgan fingerprint density at radius 3 is 2.59 bits per heavy atom. The molecule has 116 valence electrons. The third kappa shape index (κ3) is 3.90. The maximum Gasteiger partial charge on any atom is 0.286 e. The Morgan fingerprint density at radius 1 is 1.27 bits per heavy atom. The zero-order chi connectivity index (χ0) is 16.2. The second-order valence-electron chi connectivity index (χ2n) is 5.47. The van der Waals surface area contributed by atoms with Crippen molar-refractivity contribution in [2.75, 3.05) is 5.32 Å². The monoisotopic (exact) mass is 319 g/mol. The van der Waals surface area contributed by atoms with E-state index in [1.807, 2.05) is 44.2 Å². The van der Waals surface area contributed by atoms with E-state index in [0.29, 0.717) is 11.6 Å². The number of thiazole rings is 1. The van der Waals surface area contributed by atoms with E-state index in [1.54, 1.807) is 0 Å². The molecule has 0 atom stereocenters. The Bertz CT molecular complexity index is 668. The maximum atomic E-state index is 12.4. The van der Waals surface area contributed by atoms with Crippen molar-refractivity contribution in [3.63, 3.8) is 0 Å². The third-order valence-electron chi connectivity index (χ3n) is 3.16. The molecule has 1 heterocycles. The van der Waals surface area contributed by atoms with Gasteiger partial charge in [-0.25, -0.2) is 10.5 Å². The third-order valence-corrected chi connectivity index (χ3v) is 4.07. The van der Waals surface area contributed by atoms with Crippen molar-refractivity contribution in [1.29, 1.82) is 0 Å². The molecular formula is C15H17N3O3S. The smallest absolute Gasteiger partial charge is 0.286 e. The number of rotatable bonds is 5. The van der Waals surface area contributed by atoms with Gasteiger partial charge in [0.05, 0.1) is 6.20 Å². The highest BCUT2D eigenvalue weighted by Crippen LogP contribution is 2.25. The average Bonchev–Trinajstić information content (AvgIpc) is 2.95. The predicted octanol–water partition coefficient (Wildman–Crippen LogP) is 2.47. The molecule has 2 aromatic rings. The molecule has 0 bridgehead atoms. The number of carbonyl (C=O) groups excluding carboxylic acids is 2. The van der Waals surface area contributed by atoms with E-state index in [0.717, 1.165) is 16.9 Å². The number of amides is 2. The van der Waals surface area contributed by atoms with Gasteiger partial charge in [0, 0.05) is 5.41 Å².